The van der Waals surface area contributed by atoms with E-state index >= 15 is 0 Å². The van der Waals surface area contributed by atoms with Crippen LogP contribution in [0.3, 0.4) is 0 Å². The molecule has 0 unspecified atom stereocenters. The Hall–Kier alpha value is -3.02. The van der Waals surface area contributed by atoms with Crippen molar-refractivity contribution >= 4 is 17.5 Å². The Morgan fingerprint density at radius 2 is 1.87 bits per heavy atom. The van der Waals surface area contributed by atoms with Gasteiger partial charge in [0, 0.05) is 36.8 Å². The van der Waals surface area contributed by atoms with E-state index in [2.05, 4.69) is 0 Å². The van der Waals surface area contributed by atoms with Crippen LogP contribution in [0.1, 0.15) is 36.8 Å². The van der Waals surface area contributed by atoms with Gasteiger partial charge >= 0.3 is 0 Å². The molecule has 158 valence electrons. The van der Waals surface area contributed by atoms with Crippen molar-refractivity contribution in [3.63, 3.8) is 0 Å². The highest BCUT2D eigenvalue weighted by molar-refractivity contribution is 5.95. The molecule has 0 radical (unpaired) electrons. The molecule has 0 spiro atoms. The van der Waals surface area contributed by atoms with Crippen LogP contribution < -0.4 is 14.4 Å². The van der Waals surface area contributed by atoms with Gasteiger partial charge in [-0.25, -0.2) is 0 Å². The Morgan fingerprint density at radius 3 is 2.47 bits per heavy atom. The van der Waals surface area contributed by atoms with E-state index in [1.54, 1.807) is 14.2 Å². The number of amides is 2. The standard InChI is InChI=1S/C24H28N2O4/c1-29-21-11-12-22(30-2)18(15-21)16-26(20-9-10-20)24(28)14-17-5-7-19(8-6-17)25-13-3-4-23(25)27/h5-8,11-12,15,20H,3-4,9-10,13-14,16H2,1-2H3. The van der Waals surface area contributed by atoms with E-state index in [9.17, 15) is 9.59 Å². The van der Waals surface area contributed by atoms with Gasteiger partial charge in [0.05, 0.1) is 20.6 Å². The van der Waals surface area contributed by atoms with Crippen molar-refractivity contribution in [1.82, 2.24) is 4.90 Å². The van der Waals surface area contributed by atoms with Gasteiger partial charge < -0.3 is 19.3 Å². The third kappa shape index (κ3) is 4.42. The summed E-state index contributed by atoms with van der Waals surface area (Å²) >= 11 is 0. The molecule has 0 bridgehead atoms. The minimum absolute atomic E-state index is 0.104. The van der Waals surface area contributed by atoms with Crippen LogP contribution in [0.4, 0.5) is 5.69 Å². The highest BCUT2D eigenvalue weighted by Crippen LogP contribution is 2.32. The summed E-state index contributed by atoms with van der Waals surface area (Å²) in [6.07, 6.45) is 3.94. The van der Waals surface area contributed by atoms with E-state index < -0.39 is 0 Å². The molecule has 2 aromatic carbocycles. The zero-order valence-corrected chi connectivity index (χ0v) is 17.6. The lowest BCUT2D eigenvalue weighted by atomic mass is 10.1. The predicted octanol–water partition coefficient (Wildman–Crippen LogP) is 3.56. The number of anilines is 1. The van der Waals surface area contributed by atoms with Gasteiger partial charge in [0.2, 0.25) is 11.8 Å². The van der Waals surface area contributed by atoms with Gasteiger partial charge in [0.1, 0.15) is 11.5 Å². The zero-order valence-electron chi connectivity index (χ0n) is 17.6. The maximum Gasteiger partial charge on any atom is 0.227 e. The fraction of sp³-hybridized carbons (Fsp3) is 0.417. The average Bonchev–Trinajstić information content (AvgIpc) is 3.52. The second-order valence-corrected chi connectivity index (χ2v) is 7.92. The van der Waals surface area contributed by atoms with Gasteiger partial charge in [-0.1, -0.05) is 12.1 Å². The van der Waals surface area contributed by atoms with E-state index in [4.69, 9.17) is 9.47 Å². The molecule has 1 heterocycles. The molecule has 4 rings (SSSR count). The van der Waals surface area contributed by atoms with E-state index in [-0.39, 0.29) is 17.9 Å². The Labute approximate surface area is 177 Å². The van der Waals surface area contributed by atoms with Crippen LogP contribution in [0.5, 0.6) is 11.5 Å². The minimum Gasteiger partial charge on any atom is -0.497 e. The zero-order chi connectivity index (χ0) is 21.1. The molecule has 2 amide bonds. The van der Waals surface area contributed by atoms with Gasteiger partial charge in [-0.15, -0.1) is 0 Å². The first-order valence-electron chi connectivity index (χ1n) is 10.5. The number of methoxy groups -OCH3 is 2. The van der Waals surface area contributed by atoms with Gasteiger partial charge in [-0.3, -0.25) is 9.59 Å². The molecule has 1 saturated carbocycles. The fourth-order valence-corrected chi connectivity index (χ4v) is 3.99. The van der Waals surface area contributed by atoms with Crippen LogP contribution in [0, 0.1) is 0 Å². The molecule has 1 saturated heterocycles. The summed E-state index contributed by atoms with van der Waals surface area (Å²) in [5.41, 5.74) is 2.81. The first-order valence-corrected chi connectivity index (χ1v) is 10.5. The van der Waals surface area contributed by atoms with Gasteiger partial charge in [-0.05, 0) is 55.2 Å². The van der Waals surface area contributed by atoms with E-state index in [1.165, 1.54) is 0 Å². The van der Waals surface area contributed by atoms with Gasteiger partial charge in [-0.2, -0.15) is 0 Å². The molecule has 0 aromatic heterocycles. The van der Waals surface area contributed by atoms with Crippen molar-refractivity contribution in [3.8, 4) is 11.5 Å². The summed E-state index contributed by atoms with van der Waals surface area (Å²) in [6, 6.07) is 13.8. The number of benzene rings is 2. The number of carbonyl (C=O) groups excluding carboxylic acids is 2. The summed E-state index contributed by atoms with van der Waals surface area (Å²) in [4.78, 5) is 28.8. The van der Waals surface area contributed by atoms with E-state index in [0.717, 1.165) is 54.1 Å². The summed E-state index contributed by atoms with van der Waals surface area (Å²) in [5.74, 6) is 1.79. The Morgan fingerprint density at radius 1 is 1.10 bits per heavy atom. The van der Waals surface area contributed by atoms with Crippen LogP contribution in [0.2, 0.25) is 0 Å². The first kappa shape index (κ1) is 20.3. The molecule has 0 atom stereocenters. The Balaban J connectivity index is 1.46. The maximum absolute atomic E-state index is 13.1. The second-order valence-electron chi connectivity index (χ2n) is 7.92. The number of nitrogens with zero attached hydrogens (tertiary/aromatic N) is 2. The first-order chi connectivity index (χ1) is 14.6. The molecular formula is C24H28N2O4. The van der Waals surface area contributed by atoms with Crippen LogP contribution in [0.25, 0.3) is 0 Å². The van der Waals surface area contributed by atoms with Crippen molar-refractivity contribution in [2.24, 2.45) is 0 Å². The predicted molar refractivity (Wildman–Crippen MR) is 115 cm³/mol. The molecule has 1 aliphatic carbocycles. The summed E-state index contributed by atoms with van der Waals surface area (Å²) in [5, 5.41) is 0. The molecular weight excluding hydrogens is 380 g/mol. The number of hydrogen-bond donors (Lipinski definition) is 0. The minimum atomic E-state index is 0.104. The highest BCUT2D eigenvalue weighted by Gasteiger charge is 2.33. The van der Waals surface area contributed by atoms with Crippen molar-refractivity contribution < 1.29 is 19.1 Å². The summed E-state index contributed by atoms with van der Waals surface area (Å²) in [6.45, 7) is 1.28. The molecule has 2 aliphatic rings. The number of hydrogen-bond acceptors (Lipinski definition) is 4. The van der Waals surface area contributed by atoms with Crippen molar-refractivity contribution in [2.45, 2.75) is 44.7 Å². The molecule has 2 fully saturated rings. The lowest BCUT2D eigenvalue weighted by Gasteiger charge is -2.24. The molecule has 0 N–H and O–H groups in total. The Kier molecular flexibility index (Phi) is 5.93. The van der Waals surface area contributed by atoms with Crippen LogP contribution in [-0.2, 0) is 22.6 Å². The van der Waals surface area contributed by atoms with Crippen LogP contribution in [0.15, 0.2) is 42.5 Å². The number of ether oxygens (including phenoxy) is 2. The topological polar surface area (TPSA) is 59.1 Å². The number of rotatable bonds is 8. The molecule has 1 aliphatic heterocycles. The molecule has 6 nitrogen and oxygen atoms in total. The lowest BCUT2D eigenvalue weighted by Crippen LogP contribution is -2.34. The van der Waals surface area contributed by atoms with E-state index in [0.29, 0.717) is 19.4 Å². The quantitative estimate of drug-likeness (QED) is 0.670. The molecule has 6 heteroatoms. The van der Waals surface area contributed by atoms with Gasteiger partial charge in [0.25, 0.3) is 0 Å². The highest BCUT2D eigenvalue weighted by atomic mass is 16.5. The molecule has 30 heavy (non-hydrogen) atoms. The van der Waals surface area contributed by atoms with Crippen molar-refractivity contribution in [2.75, 3.05) is 25.7 Å². The fourth-order valence-electron chi connectivity index (χ4n) is 3.99. The van der Waals surface area contributed by atoms with Crippen molar-refractivity contribution in [3.05, 3.63) is 53.6 Å². The maximum atomic E-state index is 13.1. The third-order valence-electron chi connectivity index (χ3n) is 5.81. The second kappa shape index (κ2) is 8.78. The van der Waals surface area contributed by atoms with E-state index in [1.807, 2.05) is 52.3 Å². The number of carbonyl (C=O) groups is 2. The largest absolute Gasteiger partial charge is 0.497 e. The van der Waals surface area contributed by atoms with Crippen molar-refractivity contribution in [1.29, 1.82) is 0 Å². The third-order valence-corrected chi connectivity index (χ3v) is 5.81. The van der Waals surface area contributed by atoms with Crippen LogP contribution in [-0.4, -0.2) is 43.5 Å². The molecule has 2 aromatic rings. The summed E-state index contributed by atoms with van der Waals surface area (Å²) in [7, 11) is 3.27. The Bertz CT molecular complexity index is 921. The van der Waals surface area contributed by atoms with Crippen LogP contribution >= 0.6 is 0 Å². The lowest BCUT2D eigenvalue weighted by molar-refractivity contribution is -0.131. The normalized spacial score (nSPS) is 15.9. The SMILES string of the molecule is COc1ccc(OC)c(CN(C(=O)Cc2ccc(N3CCCC3=O)cc2)C2CC2)c1. The van der Waals surface area contributed by atoms with Gasteiger partial charge in [0.15, 0.2) is 0 Å². The smallest absolute Gasteiger partial charge is 0.227 e. The summed E-state index contributed by atoms with van der Waals surface area (Å²) < 4.78 is 10.8. The average molecular weight is 408 g/mol. The monoisotopic (exact) mass is 408 g/mol.